The lowest BCUT2D eigenvalue weighted by Gasteiger charge is -2.06. The predicted molar refractivity (Wildman–Crippen MR) is 75.7 cm³/mol. The van der Waals surface area contributed by atoms with Crippen molar-refractivity contribution in [2.45, 2.75) is 25.9 Å². The van der Waals surface area contributed by atoms with Crippen LogP contribution in [-0.2, 0) is 0 Å². The lowest BCUT2D eigenvalue weighted by Crippen LogP contribution is -2.29. The van der Waals surface area contributed by atoms with Gasteiger partial charge in [0.2, 0.25) is 0 Å². The molecular formula is C15H17NO4. The largest absolute Gasteiger partial charge is 0.422 e. The molecule has 0 radical (unpaired) electrons. The maximum Gasteiger partial charge on any atom is 0.349 e. The van der Waals surface area contributed by atoms with Gasteiger partial charge in [-0.25, -0.2) is 4.79 Å². The summed E-state index contributed by atoms with van der Waals surface area (Å²) in [6, 6.07) is 8.57. The van der Waals surface area contributed by atoms with E-state index < -0.39 is 17.6 Å². The highest BCUT2D eigenvalue weighted by atomic mass is 16.4. The third-order valence-electron chi connectivity index (χ3n) is 2.97. The fraction of sp³-hybridized carbons (Fsp3) is 0.333. The fourth-order valence-electron chi connectivity index (χ4n) is 1.91. The lowest BCUT2D eigenvalue weighted by molar-refractivity contribution is 0.0946. The van der Waals surface area contributed by atoms with Crippen LogP contribution in [0.2, 0.25) is 0 Å². The van der Waals surface area contributed by atoms with Crippen LogP contribution in [0, 0.1) is 0 Å². The van der Waals surface area contributed by atoms with Crippen molar-refractivity contribution in [3.8, 4) is 0 Å². The summed E-state index contributed by atoms with van der Waals surface area (Å²) in [5.74, 6) is -0.449. The van der Waals surface area contributed by atoms with Crippen molar-refractivity contribution in [3.05, 3.63) is 46.3 Å². The second-order valence-corrected chi connectivity index (χ2v) is 4.73. The lowest BCUT2D eigenvalue weighted by atomic mass is 10.1. The summed E-state index contributed by atoms with van der Waals surface area (Å²) in [4.78, 5) is 23.7. The zero-order chi connectivity index (χ0) is 14.5. The number of rotatable bonds is 5. The van der Waals surface area contributed by atoms with Gasteiger partial charge in [-0.15, -0.1) is 0 Å². The molecule has 0 fully saturated rings. The molecule has 0 saturated heterocycles. The van der Waals surface area contributed by atoms with E-state index in [1.165, 1.54) is 6.07 Å². The molecule has 1 aromatic carbocycles. The number of aliphatic hydroxyl groups excluding tert-OH is 1. The second-order valence-electron chi connectivity index (χ2n) is 4.73. The summed E-state index contributed by atoms with van der Waals surface area (Å²) in [5, 5.41) is 12.5. The molecule has 1 unspecified atom stereocenters. The third kappa shape index (κ3) is 3.45. The number of carbonyl (C=O) groups is 1. The Morgan fingerprint density at radius 1 is 1.40 bits per heavy atom. The van der Waals surface area contributed by atoms with Gasteiger partial charge in [0.1, 0.15) is 11.1 Å². The maximum absolute atomic E-state index is 11.9. The Hall–Kier alpha value is -2.14. The minimum absolute atomic E-state index is 0.000692. The van der Waals surface area contributed by atoms with Gasteiger partial charge in [-0.3, -0.25) is 4.79 Å². The number of hydrogen-bond acceptors (Lipinski definition) is 4. The average Bonchev–Trinajstić information content (AvgIpc) is 2.42. The van der Waals surface area contributed by atoms with Crippen LogP contribution in [0.3, 0.4) is 0 Å². The highest BCUT2D eigenvalue weighted by Gasteiger charge is 2.12. The van der Waals surface area contributed by atoms with Gasteiger partial charge in [-0.05, 0) is 31.9 Å². The molecule has 2 rings (SSSR count). The Bertz CT molecular complexity index is 660. The second kappa shape index (κ2) is 6.34. The number of amides is 1. The molecule has 0 aliphatic carbocycles. The van der Waals surface area contributed by atoms with Crippen molar-refractivity contribution in [2.24, 2.45) is 0 Å². The number of benzene rings is 1. The SMILES string of the molecule is CC(O)CCCNC(=O)c1cc2ccccc2oc1=O. The van der Waals surface area contributed by atoms with E-state index in [0.717, 1.165) is 0 Å². The van der Waals surface area contributed by atoms with Crippen LogP contribution in [-0.4, -0.2) is 23.7 Å². The molecule has 5 nitrogen and oxygen atoms in total. The Kier molecular flexibility index (Phi) is 4.53. The summed E-state index contributed by atoms with van der Waals surface area (Å²) < 4.78 is 5.10. The first-order valence-electron chi connectivity index (χ1n) is 6.57. The first-order valence-corrected chi connectivity index (χ1v) is 6.57. The van der Waals surface area contributed by atoms with Crippen LogP contribution >= 0.6 is 0 Å². The monoisotopic (exact) mass is 275 g/mol. The molecule has 1 atom stereocenters. The third-order valence-corrected chi connectivity index (χ3v) is 2.97. The van der Waals surface area contributed by atoms with Gasteiger partial charge in [-0.1, -0.05) is 18.2 Å². The van der Waals surface area contributed by atoms with Crippen LogP contribution in [0.15, 0.2) is 39.5 Å². The maximum atomic E-state index is 11.9. The average molecular weight is 275 g/mol. The van der Waals surface area contributed by atoms with Crippen LogP contribution in [0.5, 0.6) is 0 Å². The quantitative estimate of drug-likeness (QED) is 0.642. The number of nitrogens with one attached hydrogen (secondary N) is 1. The highest BCUT2D eigenvalue weighted by Crippen LogP contribution is 2.12. The van der Waals surface area contributed by atoms with Gasteiger partial charge in [0.05, 0.1) is 6.10 Å². The van der Waals surface area contributed by atoms with E-state index in [-0.39, 0.29) is 5.56 Å². The molecule has 2 aromatic rings. The highest BCUT2D eigenvalue weighted by molar-refractivity contribution is 5.96. The summed E-state index contributed by atoms with van der Waals surface area (Å²) >= 11 is 0. The van der Waals surface area contributed by atoms with E-state index in [1.54, 1.807) is 25.1 Å². The van der Waals surface area contributed by atoms with Gasteiger partial charge in [0, 0.05) is 11.9 Å². The molecule has 106 valence electrons. The minimum Gasteiger partial charge on any atom is -0.422 e. The van der Waals surface area contributed by atoms with Crippen LogP contribution in [0.4, 0.5) is 0 Å². The molecule has 0 bridgehead atoms. The van der Waals surface area contributed by atoms with E-state index >= 15 is 0 Å². The molecule has 2 N–H and O–H groups in total. The fourth-order valence-corrected chi connectivity index (χ4v) is 1.91. The van der Waals surface area contributed by atoms with E-state index in [1.807, 2.05) is 6.07 Å². The van der Waals surface area contributed by atoms with E-state index in [0.29, 0.717) is 30.4 Å². The number of aliphatic hydroxyl groups is 1. The smallest absolute Gasteiger partial charge is 0.349 e. The summed E-state index contributed by atoms with van der Waals surface area (Å²) in [7, 11) is 0. The van der Waals surface area contributed by atoms with E-state index in [9.17, 15) is 9.59 Å². The normalized spacial score (nSPS) is 12.3. The van der Waals surface area contributed by atoms with Crippen molar-refractivity contribution in [2.75, 3.05) is 6.54 Å². The van der Waals surface area contributed by atoms with Gasteiger partial charge >= 0.3 is 5.63 Å². The van der Waals surface area contributed by atoms with Crippen molar-refractivity contribution < 1.29 is 14.3 Å². The zero-order valence-corrected chi connectivity index (χ0v) is 11.3. The topological polar surface area (TPSA) is 79.5 Å². The Morgan fingerprint density at radius 2 is 2.15 bits per heavy atom. The Balaban J connectivity index is 2.10. The molecule has 0 spiro atoms. The molecule has 0 aliphatic heterocycles. The molecule has 0 aliphatic rings. The van der Waals surface area contributed by atoms with Gasteiger partial charge < -0.3 is 14.8 Å². The van der Waals surface area contributed by atoms with Gasteiger partial charge in [0.15, 0.2) is 0 Å². The molecule has 5 heteroatoms. The van der Waals surface area contributed by atoms with Gasteiger partial charge in [-0.2, -0.15) is 0 Å². The molecule has 1 amide bonds. The first kappa shape index (κ1) is 14.3. The van der Waals surface area contributed by atoms with E-state index in [4.69, 9.17) is 9.52 Å². The van der Waals surface area contributed by atoms with Crippen LogP contribution in [0.25, 0.3) is 11.0 Å². The number of hydrogen-bond donors (Lipinski definition) is 2. The molecule has 1 aromatic heterocycles. The zero-order valence-electron chi connectivity index (χ0n) is 11.3. The van der Waals surface area contributed by atoms with Crippen molar-refractivity contribution in [1.82, 2.24) is 5.32 Å². The molecular weight excluding hydrogens is 258 g/mol. The summed E-state index contributed by atoms with van der Waals surface area (Å²) in [6.45, 7) is 2.11. The minimum atomic E-state index is -0.642. The van der Waals surface area contributed by atoms with Crippen molar-refractivity contribution in [3.63, 3.8) is 0 Å². The summed E-state index contributed by atoms with van der Waals surface area (Å²) in [6.07, 6.45) is 0.868. The predicted octanol–water partition coefficient (Wildman–Crippen LogP) is 1.68. The first-order chi connectivity index (χ1) is 9.58. The Labute approximate surface area is 116 Å². The van der Waals surface area contributed by atoms with Gasteiger partial charge in [0.25, 0.3) is 5.91 Å². The number of carbonyl (C=O) groups excluding carboxylic acids is 1. The number of para-hydroxylation sites is 1. The van der Waals surface area contributed by atoms with Crippen molar-refractivity contribution in [1.29, 1.82) is 0 Å². The molecule has 20 heavy (non-hydrogen) atoms. The molecule has 0 saturated carbocycles. The van der Waals surface area contributed by atoms with Crippen LogP contribution < -0.4 is 10.9 Å². The standard InChI is InChI=1S/C15H17NO4/c1-10(17)5-4-8-16-14(18)12-9-11-6-2-3-7-13(11)20-15(12)19/h2-3,6-7,9-10,17H,4-5,8H2,1H3,(H,16,18). The van der Waals surface area contributed by atoms with E-state index in [2.05, 4.69) is 5.32 Å². The summed E-state index contributed by atoms with van der Waals surface area (Å²) in [5.41, 5.74) is -0.180. The van der Waals surface area contributed by atoms with Crippen molar-refractivity contribution >= 4 is 16.9 Å². The molecule has 1 heterocycles. The number of fused-ring (bicyclic) bond motifs is 1. The Morgan fingerprint density at radius 3 is 2.90 bits per heavy atom. The van der Waals surface area contributed by atoms with Crippen LogP contribution in [0.1, 0.15) is 30.1 Å².